The van der Waals surface area contributed by atoms with Crippen LogP contribution in [0.15, 0.2) is 0 Å². The summed E-state index contributed by atoms with van der Waals surface area (Å²) in [5.74, 6) is 1.96. The summed E-state index contributed by atoms with van der Waals surface area (Å²) < 4.78 is 5.53. The average Bonchev–Trinajstić information content (AvgIpc) is 3.31. The van der Waals surface area contributed by atoms with Crippen LogP contribution in [-0.4, -0.2) is 75.1 Å². The molecule has 4 rings (SSSR count). The van der Waals surface area contributed by atoms with Gasteiger partial charge in [-0.05, 0) is 82.7 Å². The van der Waals surface area contributed by atoms with Crippen LogP contribution in [0.1, 0.15) is 71.1 Å². The summed E-state index contributed by atoms with van der Waals surface area (Å²) in [6.45, 7) is 7.48. The lowest BCUT2D eigenvalue weighted by atomic mass is 9.78. The molecule has 0 bridgehead atoms. The number of rotatable bonds is 8. The Morgan fingerprint density at radius 2 is 1.78 bits per heavy atom. The average molecular weight is 450 g/mol. The van der Waals surface area contributed by atoms with E-state index in [1.807, 2.05) is 7.11 Å². The number of nitrogens with zero attached hydrogens (tertiary/aromatic N) is 1. The molecule has 32 heavy (non-hydrogen) atoms. The van der Waals surface area contributed by atoms with Crippen LogP contribution in [0.3, 0.4) is 0 Å². The highest BCUT2D eigenvalue weighted by Crippen LogP contribution is 2.32. The van der Waals surface area contributed by atoms with Crippen LogP contribution in [0.25, 0.3) is 0 Å². The van der Waals surface area contributed by atoms with Crippen molar-refractivity contribution in [1.82, 2.24) is 26.2 Å². The fourth-order valence-electron chi connectivity index (χ4n) is 6.65. The maximum absolute atomic E-state index is 12.9. The van der Waals surface area contributed by atoms with E-state index >= 15 is 0 Å². The number of hydrogen-bond acceptors (Lipinski definition) is 6. The molecule has 2 saturated carbocycles. The second-order valence-corrected chi connectivity index (χ2v) is 10.7. The molecule has 3 unspecified atom stereocenters. The number of hydrogen-bond donors (Lipinski definition) is 4. The first-order valence-corrected chi connectivity index (χ1v) is 13.4. The molecule has 4 aliphatic rings. The number of methoxy groups -OCH3 is 1. The summed E-state index contributed by atoms with van der Waals surface area (Å²) in [6.07, 6.45) is 12.4. The Morgan fingerprint density at radius 1 is 1.00 bits per heavy atom. The highest BCUT2D eigenvalue weighted by molar-refractivity contribution is 5.78. The highest BCUT2D eigenvalue weighted by atomic mass is 16.5. The van der Waals surface area contributed by atoms with Gasteiger partial charge in [-0.2, -0.15) is 0 Å². The summed E-state index contributed by atoms with van der Waals surface area (Å²) in [4.78, 5) is 15.4. The van der Waals surface area contributed by atoms with Crippen LogP contribution in [0, 0.1) is 17.8 Å². The summed E-state index contributed by atoms with van der Waals surface area (Å²) in [5.41, 5.74) is 0. The molecule has 7 heteroatoms. The fourth-order valence-corrected chi connectivity index (χ4v) is 6.65. The van der Waals surface area contributed by atoms with E-state index in [-0.39, 0.29) is 18.1 Å². The first kappa shape index (κ1) is 24.4. The number of carbonyl (C=O) groups is 1. The Labute approximate surface area is 195 Å². The second kappa shape index (κ2) is 12.1. The lowest BCUT2D eigenvalue weighted by molar-refractivity contribution is -0.126. The van der Waals surface area contributed by atoms with Crippen LogP contribution < -0.4 is 21.3 Å². The molecule has 1 amide bonds. The number of nitrogens with one attached hydrogen (secondary N) is 4. The molecule has 0 aromatic rings. The molecule has 0 aromatic carbocycles. The van der Waals surface area contributed by atoms with E-state index in [9.17, 15) is 4.79 Å². The number of likely N-dealkylation sites (N-methyl/N-ethyl adjacent to an activating group) is 1. The first-order valence-electron chi connectivity index (χ1n) is 13.4. The number of carbonyl (C=O) groups excluding carboxylic acids is 1. The van der Waals surface area contributed by atoms with Gasteiger partial charge < -0.3 is 10.1 Å². The molecule has 0 radical (unpaired) electrons. The van der Waals surface area contributed by atoms with Gasteiger partial charge in [-0.15, -0.1) is 0 Å². The molecule has 2 aliphatic heterocycles. The summed E-state index contributed by atoms with van der Waals surface area (Å²) >= 11 is 0. The molecule has 2 aliphatic carbocycles. The third kappa shape index (κ3) is 6.44. The Balaban J connectivity index is 1.15. The molecule has 2 heterocycles. The minimum atomic E-state index is 0.157. The van der Waals surface area contributed by atoms with E-state index in [1.54, 1.807) is 0 Å². The molecule has 3 atom stereocenters. The fraction of sp³-hybridized carbons (Fsp3) is 0.960. The topological polar surface area (TPSA) is 77.7 Å². The van der Waals surface area contributed by atoms with E-state index < -0.39 is 0 Å². The Morgan fingerprint density at radius 3 is 2.50 bits per heavy atom. The molecule has 4 fully saturated rings. The molecule has 184 valence electrons. The largest absolute Gasteiger partial charge is 0.381 e. The second-order valence-electron chi connectivity index (χ2n) is 10.7. The number of ether oxygens (including phenoxy) is 1. The highest BCUT2D eigenvalue weighted by Gasteiger charge is 2.33. The molecule has 2 saturated heterocycles. The molecule has 4 N–H and O–H groups in total. The lowest BCUT2D eigenvalue weighted by Gasteiger charge is -2.40. The minimum absolute atomic E-state index is 0.157. The van der Waals surface area contributed by atoms with Crippen molar-refractivity contribution >= 4 is 5.91 Å². The lowest BCUT2D eigenvalue weighted by Crippen LogP contribution is -2.63. The van der Waals surface area contributed by atoms with E-state index in [2.05, 4.69) is 33.1 Å². The van der Waals surface area contributed by atoms with E-state index in [0.29, 0.717) is 24.1 Å². The van der Waals surface area contributed by atoms with Crippen molar-refractivity contribution in [3.8, 4) is 0 Å². The van der Waals surface area contributed by atoms with Gasteiger partial charge in [0.2, 0.25) is 5.91 Å². The van der Waals surface area contributed by atoms with Crippen molar-refractivity contribution in [2.75, 3.05) is 39.8 Å². The Kier molecular flexibility index (Phi) is 9.23. The van der Waals surface area contributed by atoms with Gasteiger partial charge in [0.05, 0.1) is 6.10 Å². The van der Waals surface area contributed by atoms with Crippen LogP contribution >= 0.6 is 0 Å². The third-order valence-corrected chi connectivity index (χ3v) is 8.75. The normalized spacial score (nSPS) is 39.1. The van der Waals surface area contributed by atoms with Gasteiger partial charge in [0, 0.05) is 44.7 Å². The van der Waals surface area contributed by atoms with E-state index in [0.717, 1.165) is 51.4 Å². The SMILES string of the molecule is CCN1CCCC1CNC(=O)C1CCCC(NC2NCC(C3CCC(OC)CC3)CN2)C1. The summed E-state index contributed by atoms with van der Waals surface area (Å²) in [5, 5.41) is 14.4. The first-order chi connectivity index (χ1) is 15.7. The zero-order valence-corrected chi connectivity index (χ0v) is 20.4. The van der Waals surface area contributed by atoms with Gasteiger partial charge in [-0.25, -0.2) is 0 Å². The molecule has 0 spiro atoms. The van der Waals surface area contributed by atoms with Gasteiger partial charge in [0.1, 0.15) is 6.29 Å². The molecule has 0 aromatic heterocycles. The van der Waals surface area contributed by atoms with Crippen LogP contribution in [-0.2, 0) is 9.53 Å². The van der Waals surface area contributed by atoms with Gasteiger partial charge >= 0.3 is 0 Å². The van der Waals surface area contributed by atoms with Crippen molar-refractivity contribution in [3.63, 3.8) is 0 Å². The van der Waals surface area contributed by atoms with Gasteiger partial charge in [-0.1, -0.05) is 13.3 Å². The molecular weight excluding hydrogens is 402 g/mol. The van der Waals surface area contributed by atoms with Crippen molar-refractivity contribution in [2.24, 2.45) is 17.8 Å². The maximum Gasteiger partial charge on any atom is 0.223 e. The number of amides is 1. The minimum Gasteiger partial charge on any atom is -0.381 e. The van der Waals surface area contributed by atoms with Crippen molar-refractivity contribution in [1.29, 1.82) is 0 Å². The summed E-state index contributed by atoms with van der Waals surface area (Å²) in [7, 11) is 1.85. The van der Waals surface area contributed by atoms with E-state index in [4.69, 9.17) is 4.74 Å². The summed E-state index contributed by atoms with van der Waals surface area (Å²) in [6, 6.07) is 0.950. The molecule has 7 nitrogen and oxygen atoms in total. The predicted molar refractivity (Wildman–Crippen MR) is 128 cm³/mol. The van der Waals surface area contributed by atoms with Crippen LogP contribution in [0.4, 0.5) is 0 Å². The Bertz CT molecular complexity index is 575. The monoisotopic (exact) mass is 449 g/mol. The Hall–Kier alpha value is -0.730. The smallest absolute Gasteiger partial charge is 0.223 e. The van der Waals surface area contributed by atoms with Crippen molar-refractivity contribution in [3.05, 3.63) is 0 Å². The zero-order chi connectivity index (χ0) is 22.3. The number of likely N-dealkylation sites (tertiary alicyclic amines) is 1. The third-order valence-electron chi connectivity index (χ3n) is 8.75. The molecular formula is C25H47N5O2. The standard InChI is InChI=1S/C25H47N5O2/c1-3-30-13-5-8-22(30)17-26-24(31)19-6-4-7-21(14-19)29-25-27-15-20(16-28-25)18-9-11-23(32-2)12-10-18/h18-23,25,27-29H,3-17H2,1-2H3,(H,26,31). The van der Waals surface area contributed by atoms with Crippen molar-refractivity contribution < 1.29 is 9.53 Å². The zero-order valence-electron chi connectivity index (χ0n) is 20.4. The van der Waals surface area contributed by atoms with Gasteiger partial charge in [-0.3, -0.25) is 25.6 Å². The van der Waals surface area contributed by atoms with Crippen molar-refractivity contribution in [2.45, 2.75) is 95.6 Å². The van der Waals surface area contributed by atoms with Gasteiger partial charge in [0.15, 0.2) is 0 Å². The predicted octanol–water partition coefficient (Wildman–Crippen LogP) is 2.03. The van der Waals surface area contributed by atoms with E-state index in [1.165, 1.54) is 51.5 Å². The van der Waals surface area contributed by atoms with Gasteiger partial charge in [0.25, 0.3) is 0 Å². The maximum atomic E-state index is 12.9. The quantitative estimate of drug-likeness (QED) is 0.454. The van der Waals surface area contributed by atoms with Crippen LogP contribution in [0.5, 0.6) is 0 Å². The van der Waals surface area contributed by atoms with Crippen LogP contribution in [0.2, 0.25) is 0 Å².